The Morgan fingerprint density at radius 3 is 2.04 bits per heavy atom. The van der Waals surface area contributed by atoms with Crippen LogP contribution >= 0.6 is 0 Å². The van der Waals surface area contributed by atoms with Gasteiger partial charge in [-0.1, -0.05) is 26.8 Å². The van der Waals surface area contributed by atoms with Crippen LogP contribution in [0.5, 0.6) is 0 Å². The second-order valence-electron chi connectivity index (χ2n) is 7.99. The third kappa shape index (κ3) is 4.73. The fraction of sp³-hybridized carbons (Fsp3) is 0.895. The van der Waals surface area contributed by atoms with Crippen LogP contribution in [-0.2, 0) is 23.4 Å². The minimum Gasteiger partial charge on any atom is -0.409 e. The maximum Gasteiger partial charge on any atom is 0.192 e. The summed E-state index contributed by atoms with van der Waals surface area (Å²) in [5.74, 6) is -1.32. The second-order valence-corrected chi connectivity index (χ2v) is 12.7. The Hall–Kier alpha value is -0.243. The molecule has 6 heteroatoms. The lowest BCUT2D eigenvalue weighted by atomic mass is 10.0. The van der Waals surface area contributed by atoms with E-state index in [2.05, 4.69) is 27.4 Å². The first-order chi connectivity index (χ1) is 11.6. The zero-order chi connectivity index (χ0) is 18.9. The third-order valence-corrected chi connectivity index (χ3v) is 10.1. The van der Waals surface area contributed by atoms with Crippen LogP contribution < -0.4 is 0 Å². The van der Waals surface area contributed by atoms with Crippen molar-refractivity contribution in [2.75, 3.05) is 6.61 Å². The fourth-order valence-corrected chi connectivity index (χ4v) is 6.61. The highest BCUT2D eigenvalue weighted by atomic mass is 28.4. The van der Waals surface area contributed by atoms with E-state index in [0.29, 0.717) is 6.61 Å². The van der Waals surface area contributed by atoms with Crippen LogP contribution in [0.25, 0.3) is 0 Å². The lowest BCUT2D eigenvalue weighted by Crippen LogP contribution is -2.59. The minimum atomic E-state index is -1.79. The van der Waals surface area contributed by atoms with E-state index < -0.39 is 19.9 Å². The largest absolute Gasteiger partial charge is 0.409 e. The standard InChI is InChI=1S/C19H36O5Si/c1-9-14-16(23-19(7,8)21-14)17-15(13-20-18(5,6)22-17)24-25(10-2,11-3)12-4/h9,14-17H,1,10-13H2,2-8H3/t14?,15?,16?,17-/m1/s1. The Morgan fingerprint density at radius 1 is 0.960 bits per heavy atom. The Morgan fingerprint density at radius 2 is 1.52 bits per heavy atom. The van der Waals surface area contributed by atoms with Gasteiger partial charge in [-0.05, 0) is 45.8 Å². The van der Waals surface area contributed by atoms with Gasteiger partial charge in [-0.15, -0.1) is 6.58 Å². The first-order valence-corrected chi connectivity index (χ1v) is 12.1. The van der Waals surface area contributed by atoms with Crippen LogP contribution in [0.4, 0.5) is 0 Å². The maximum absolute atomic E-state index is 6.72. The van der Waals surface area contributed by atoms with Gasteiger partial charge in [0, 0.05) is 0 Å². The van der Waals surface area contributed by atoms with Crippen molar-refractivity contribution in [2.45, 2.75) is 103 Å². The minimum absolute atomic E-state index is 0.149. The molecule has 0 aromatic heterocycles. The summed E-state index contributed by atoms with van der Waals surface area (Å²) in [6.45, 7) is 18.8. The molecule has 2 aliphatic rings. The molecule has 5 nitrogen and oxygen atoms in total. The molecule has 25 heavy (non-hydrogen) atoms. The third-order valence-electron chi connectivity index (χ3n) is 5.44. The van der Waals surface area contributed by atoms with E-state index in [0.717, 1.165) is 18.1 Å². The van der Waals surface area contributed by atoms with Crippen molar-refractivity contribution in [1.29, 1.82) is 0 Å². The van der Waals surface area contributed by atoms with E-state index in [1.54, 1.807) is 6.08 Å². The quantitative estimate of drug-likeness (QED) is 0.494. The first-order valence-electron chi connectivity index (χ1n) is 9.58. The molecule has 0 saturated carbocycles. The summed E-state index contributed by atoms with van der Waals surface area (Å²) in [6.07, 6.45) is 0.931. The summed E-state index contributed by atoms with van der Waals surface area (Å²) in [4.78, 5) is 0. The van der Waals surface area contributed by atoms with Gasteiger partial charge in [0.25, 0.3) is 0 Å². The number of hydrogen-bond donors (Lipinski definition) is 0. The van der Waals surface area contributed by atoms with Crippen molar-refractivity contribution in [3.8, 4) is 0 Å². The Bertz CT molecular complexity index is 452. The van der Waals surface area contributed by atoms with Crippen LogP contribution in [-0.4, -0.2) is 50.9 Å². The Balaban J connectivity index is 2.27. The van der Waals surface area contributed by atoms with Crippen molar-refractivity contribution >= 4 is 8.32 Å². The Labute approximate surface area is 154 Å². The SMILES string of the molecule is C=CC1OC(C)(C)OC1[C@@H]1OC(C)(C)OCC1O[Si](CC)(CC)CC. The molecule has 2 saturated heterocycles. The zero-order valence-electron chi connectivity index (χ0n) is 17.0. The molecule has 0 aromatic carbocycles. The van der Waals surface area contributed by atoms with Crippen LogP contribution in [0.3, 0.4) is 0 Å². The topological polar surface area (TPSA) is 46.2 Å². The number of rotatable bonds is 7. The summed E-state index contributed by atoms with van der Waals surface area (Å²) < 4.78 is 31.1. The smallest absolute Gasteiger partial charge is 0.192 e. The first kappa shape index (κ1) is 21.1. The molecule has 0 aliphatic carbocycles. The predicted octanol–water partition coefficient (Wildman–Crippen LogP) is 4.23. The highest BCUT2D eigenvalue weighted by Gasteiger charge is 2.52. The van der Waals surface area contributed by atoms with Gasteiger partial charge in [-0.3, -0.25) is 0 Å². The van der Waals surface area contributed by atoms with Crippen LogP contribution in [0.15, 0.2) is 12.7 Å². The average Bonchev–Trinajstić information content (AvgIpc) is 2.88. The summed E-state index contributed by atoms with van der Waals surface area (Å²) in [7, 11) is -1.79. The molecule has 0 N–H and O–H groups in total. The molecule has 0 bridgehead atoms. The molecule has 146 valence electrons. The lowest BCUT2D eigenvalue weighted by Gasteiger charge is -2.46. The van der Waals surface area contributed by atoms with Gasteiger partial charge in [0.1, 0.15) is 18.3 Å². The van der Waals surface area contributed by atoms with Crippen molar-refractivity contribution in [1.82, 2.24) is 0 Å². The second kappa shape index (κ2) is 7.78. The van der Waals surface area contributed by atoms with Crippen LogP contribution in [0.1, 0.15) is 48.5 Å². The van der Waals surface area contributed by atoms with Gasteiger partial charge in [0.15, 0.2) is 19.9 Å². The molecule has 2 rings (SSSR count). The molecule has 4 atom stereocenters. The number of hydrogen-bond acceptors (Lipinski definition) is 5. The van der Waals surface area contributed by atoms with E-state index in [-0.39, 0.29) is 24.4 Å². The maximum atomic E-state index is 6.72. The lowest BCUT2D eigenvalue weighted by molar-refractivity contribution is -0.319. The van der Waals surface area contributed by atoms with Gasteiger partial charge >= 0.3 is 0 Å². The van der Waals surface area contributed by atoms with E-state index in [9.17, 15) is 0 Å². The van der Waals surface area contributed by atoms with Crippen molar-refractivity contribution in [3.63, 3.8) is 0 Å². The molecular formula is C19H36O5Si. The summed E-state index contributed by atoms with van der Waals surface area (Å²) >= 11 is 0. The van der Waals surface area contributed by atoms with E-state index in [1.165, 1.54) is 0 Å². The van der Waals surface area contributed by atoms with E-state index in [4.69, 9.17) is 23.4 Å². The molecule has 0 radical (unpaired) electrons. The fourth-order valence-electron chi connectivity index (χ4n) is 3.77. The molecule has 0 spiro atoms. The summed E-state index contributed by atoms with van der Waals surface area (Å²) in [5.41, 5.74) is 0. The van der Waals surface area contributed by atoms with Gasteiger partial charge in [-0.25, -0.2) is 0 Å². The highest BCUT2D eigenvalue weighted by molar-refractivity contribution is 6.73. The van der Waals surface area contributed by atoms with Crippen molar-refractivity contribution in [2.24, 2.45) is 0 Å². The summed E-state index contributed by atoms with van der Waals surface area (Å²) in [6, 6.07) is 3.26. The van der Waals surface area contributed by atoms with E-state index in [1.807, 2.05) is 27.7 Å². The molecule has 0 aromatic rings. The normalized spacial score (nSPS) is 34.8. The van der Waals surface area contributed by atoms with Crippen molar-refractivity contribution < 1.29 is 23.4 Å². The zero-order valence-corrected chi connectivity index (χ0v) is 18.0. The van der Waals surface area contributed by atoms with Gasteiger partial charge in [-0.2, -0.15) is 0 Å². The van der Waals surface area contributed by atoms with Crippen LogP contribution in [0, 0.1) is 0 Å². The van der Waals surface area contributed by atoms with Crippen molar-refractivity contribution in [3.05, 3.63) is 12.7 Å². The molecular weight excluding hydrogens is 336 g/mol. The molecule has 2 aliphatic heterocycles. The molecule has 3 unspecified atom stereocenters. The molecule has 0 amide bonds. The molecule has 2 fully saturated rings. The monoisotopic (exact) mass is 372 g/mol. The van der Waals surface area contributed by atoms with Gasteiger partial charge in [0.2, 0.25) is 0 Å². The Kier molecular flexibility index (Phi) is 6.56. The van der Waals surface area contributed by atoms with Gasteiger partial charge < -0.3 is 23.4 Å². The average molecular weight is 373 g/mol. The van der Waals surface area contributed by atoms with E-state index >= 15 is 0 Å². The van der Waals surface area contributed by atoms with Crippen LogP contribution in [0.2, 0.25) is 18.1 Å². The molecule has 2 heterocycles. The predicted molar refractivity (Wildman–Crippen MR) is 101 cm³/mol. The van der Waals surface area contributed by atoms with Gasteiger partial charge in [0.05, 0.1) is 12.7 Å². The highest BCUT2D eigenvalue weighted by Crippen LogP contribution is 2.38. The number of ether oxygens (including phenoxy) is 4. The summed E-state index contributed by atoms with van der Waals surface area (Å²) in [5, 5.41) is 0.